The average Bonchev–Trinajstić information content (AvgIpc) is 3.17. The summed E-state index contributed by atoms with van der Waals surface area (Å²) in [6.07, 6.45) is 4.08. The zero-order chi connectivity index (χ0) is 14.8. The van der Waals surface area contributed by atoms with Gasteiger partial charge in [-0.05, 0) is 31.6 Å². The minimum atomic E-state index is -0.00381. The highest BCUT2D eigenvalue weighted by Gasteiger charge is 2.30. The van der Waals surface area contributed by atoms with Gasteiger partial charge in [0.2, 0.25) is 0 Å². The highest BCUT2D eigenvalue weighted by molar-refractivity contribution is 7.18. The molecule has 2 saturated heterocycles. The van der Waals surface area contributed by atoms with E-state index in [1.807, 2.05) is 4.90 Å². The van der Waals surface area contributed by atoms with Gasteiger partial charge in [-0.1, -0.05) is 11.3 Å². The van der Waals surface area contributed by atoms with E-state index >= 15 is 0 Å². The molecule has 0 aromatic carbocycles. The number of amides is 1. The fourth-order valence-corrected chi connectivity index (χ4v) is 4.10. The van der Waals surface area contributed by atoms with Gasteiger partial charge < -0.3 is 20.6 Å². The van der Waals surface area contributed by atoms with Gasteiger partial charge >= 0.3 is 0 Å². The largest absolute Gasteiger partial charge is 0.396 e. The first-order chi connectivity index (χ1) is 10.2. The Kier molecular flexibility index (Phi) is 4.30. The molecule has 0 saturated carbocycles. The van der Waals surface area contributed by atoms with Crippen molar-refractivity contribution in [3.05, 3.63) is 4.88 Å². The van der Waals surface area contributed by atoms with E-state index in [0.717, 1.165) is 44.2 Å². The number of rotatable bonds is 4. The van der Waals surface area contributed by atoms with Crippen LogP contribution < -0.4 is 10.6 Å². The molecule has 1 unspecified atom stereocenters. The number of hydrogen-bond donors (Lipinski definition) is 2. The average molecular weight is 310 g/mol. The van der Waals surface area contributed by atoms with Crippen molar-refractivity contribution in [2.75, 3.05) is 43.4 Å². The van der Waals surface area contributed by atoms with Gasteiger partial charge in [-0.3, -0.25) is 4.79 Å². The molecular weight excluding hydrogens is 288 g/mol. The number of nitrogen functional groups attached to an aromatic ring is 1. The van der Waals surface area contributed by atoms with E-state index < -0.39 is 0 Å². The first kappa shape index (κ1) is 14.6. The fourth-order valence-electron chi connectivity index (χ4n) is 3.10. The number of aromatic nitrogens is 1. The summed E-state index contributed by atoms with van der Waals surface area (Å²) in [5, 5.41) is 9.87. The number of nitrogens with zero attached hydrogens (tertiary/aromatic N) is 3. The molecule has 1 aromatic heterocycles. The number of carbonyl (C=O) groups excluding carboxylic acids is 1. The molecule has 3 heterocycles. The molecule has 1 atom stereocenters. The molecule has 116 valence electrons. The minimum absolute atomic E-state index is 0.00381. The molecule has 0 aliphatic carbocycles. The summed E-state index contributed by atoms with van der Waals surface area (Å²) in [4.78, 5) is 21.6. The fraction of sp³-hybridized carbons (Fsp3) is 0.714. The van der Waals surface area contributed by atoms with Crippen molar-refractivity contribution in [2.45, 2.75) is 25.7 Å². The second-order valence-electron chi connectivity index (χ2n) is 5.82. The normalized spacial score (nSPS) is 22.2. The third kappa shape index (κ3) is 2.98. The third-order valence-electron chi connectivity index (χ3n) is 4.32. The van der Waals surface area contributed by atoms with Gasteiger partial charge in [0.15, 0.2) is 5.13 Å². The predicted octanol–water partition coefficient (Wildman–Crippen LogP) is 1.17. The number of nitrogens with two attached hydrogens (primary N) is 1. The first-order valence-corrected chi connectivity index (χ1v) is 8.42. The van der Waals surface area contributed by atoms with Crippen molar-refractivity contribution in [3.8, 4) is 0 Å². The Morgan fingerprint density at radius 2 is 2.14 bits per heavy atom. The minimum Gasteiger partial charge on any atom is -0.396 e. The smallest absolute Gasteiger partial charge is 0.267 e. The lowest BCUT2D eigenvalue weighted by Crippen LogP contribution is -2.28. The SMILES string of the molecule is Nc1nc(N2CCCC2)sc1C(=O)N1CCC(CCO)C1. The molecule has 1 amide bonds. The lowest BCUT2D eigenvalue weighted by molar-refractivity contribution is 0.0790. The first-order valence-electron chi connectivity index (χ1n) is 7.60. The summed E-state index contributed by atoms with van der Waals surface area (Å²) in [7, 11) is 0. The van der Waals surface area contributed by atoms with Crippen molar-refractivity contribution in [1.82, 2.24) is 9.88 Å². The van der Waals surface area contributed by atoms with Crippen molar-refractivity contribution in [2.24, 2.45) is 5.92 Å². The molecule has 0 bridgehead atoms. The van der Waals surface area contributed by atoms with Crippen LogP contribution in [0, 0.1) is 5.92 Å². The molecule has 2 aliphatic heterocycles. The van der Waals surface area contributed by atoms with Crippen LogP contribution in [0.15, 0.2) is 0 Å². The molecule has 1 aromatic rings. The highest BCUT2D eigenvalue weighted by Crippen LogP contribution is 2.32. The van der Waals surface area contributed by atoms with E-state index in [1.165, 1.54) is 24.2 Å². The van der Waals surface area contributed by atoms with Crippen molar-refractivity contribution < 1.29 is 9.90 Å². The Bertz CT molecular complexity index is 513. The van der Waals surface area contributed by atoms with Gasteiger partial charge in [0.05, 0.1) is 0 Å². The topological polar surface area (TPSA) is 82.7 Å². The lowest BCUT2D eigenvalue weighted by Gasteiger charge is -2.15. The van der Waals surface area contributed by atoms with E-state index in [-0.39, 0.29) is 12.5 Å². The van der Waals surface area contributed by atoms with Crippen LogP contribution in [0.3, 0.4) is 0 Å². The Hall–Kier alpha value is -1.34. The monoisotopic (exact) mass is 310 g/mol. The second kappa shape index (κ2) is 6.19. The van der Waals surface area contributed by atoms with E-state index in [1.54, 1.807) is 0 Å². The number of aliphatic hydroxyl groups excluding tert-OH is 1. The summed E-state index contributed by atoms with van der Waals surface area (Å²) in [6.45, 7) is 3.66. The standard InChI is InChI=1S/C14H22N4O2S/c15-12-11(21-14(16-12)17-5-1-2-6-17)13(20)18-7-3-10(9-18)4-8-19/h10,19H,1-9,15H2. The summed E-state index contributed by atoms with van der Waals surface area (Å²) in [5.74, 6) is 0.763. The third-order valence-corrected chi connectivity index (χ3v) is 5.44. The predicted molar refractivity (Wildman–Crippen MR) is 83.7 cm³/mol. The maximum absolute atomic E-state index is 12.6. The molecule has 7 heteroatoms. The van der Waals surface area contributed by atoms with Gasteiger partial charge in [-0.2, -0.15) is 0 Å². The van der Waals surface area contributed by atoms with Gasteiger partial charge in [0, 0.05) is 32.8 Å². The number of aliphatic hydroxyl groups is 1. The number of anilines is 2. The van der Waals surface area contributed by atoms with Crippen LogP contribution in [0.25, 0.3) is 0 Å². The van der Waals surface area contributed by atoms with Crippen LogP contribution in [0.4, 0.5) is 10.9 Å². The molecule has 2 fully saturated rings. The van der Waals surface area contributed by atoms with E-state index in [0.29, 0.717) is 16.6 Å². The quantitative estimate of drug-likeness (QED) is 0.872. The van der Waals surface area contributed by atoms with Crippen LogP contribution >= 0.6 is 11.3 Å². The van der Waals surface area contributed by atoms with Gasteiger partial charge in [0.1, 0.15) is 10.7 Å². The number of hydrogen-bond acceptors (Lipinski definition) is 6. The van der Waals surface area contributed by atoms with Crippen LogP contribution in [-0.4, -0.2) is 53.7 Å². The van der Waals surface area contributed by atoms with Crippen LogP contribution in [0.1, 0.15) is 35.4 Å². The van der Waals surface area contributed by atoms with E-state index in [9.17, 15) is 4.79 Å². The van der Waals surface area contributed by atoms with Gasteiger partial charge in [-0.25, -0.2) is 4.98 Å². The molecular formula is C14H22N4O2S. The van der Waals surface area contributed by atoms with Gasteiger partial charge in [-0.15, -0.1) is 0 Å². The Morgan fingerprint density at radius 1 is 1.38 bits per heavy atom. The zero-order valence-electron chi connectivity index (χ0n) is 12.1. The van der Waals surface area contributed by atoms with E-state index in [2.05, 4.69) is 9.88 Å². The Balaban J connectivity index is 1.70. The molecule has 2 aliphatic rings. The summed E-state index contributed by atoms with van der Waals surface area (Å²) in [5.41, 5.74) is 5.96. The van der Waals surface area contributed by atoms with Crippen molar-refractivity contribution >= 4 is 28.2 Å². The molecule has 6 nitrogen and oxygen atoms in total. The van der Waals surface area contributed by atoms with Gasteiger partial charge in [0.25, 0.3) is 5.91 Å². The molecule has 0 radical (unpaired) electrons. The van der Waals surface area contributed by atoms with Crippen molar-refractivity contribution in [1.29, 1.82) is 0 Å². The molecule has 3 N–H and O–H groups in total. The lowest BCUT2D eigenvalue weighted by atomic mass is 10.1. The van der Waals surface area contributed by atoms with Crippen LogP contribution in [0.2, 0.25) is 0 Å². The van der Waals surface area contributed by atoms with Crippen LogP contribution in [0.5, 0.6) is 0 Å². The zero-order valence-corrected chi connectivity index (χ0v) is 12.9. The molecule has 3 rings (SSSR count). The number of carbonyl (C=O) groups is 1. The molecule has 21 heavy (non-hydrogen) atoms. The molecule has 0 spiro atoms. The van der Waals surface area contributed by atoms with E-state index in [4.69, 9.17) is 10.8 Å². The maximum Gasteiger partial charge on any atom is 0.267 e. The number of likely N-dealkylation sites (tertiary alicyclic amines) is 1. The van der Waals surface area contributed by atoms with Crippen LogP contribution in [-0.2, 0) is 0 Å². The van der Waals surface area contributed by atoms with Crippen molar-refractivity contribution in [3.63, 3.8) is 0 Å². The highest BCUT2D eigenvalue weighted by atomic mass is 32.1. The Labute approximate surface area is 128 Å². The number of thiazole rings is 1. The summed E-state index contributed by atoms with van der Waals surface area (Å²) in [6, 6.07) is 0. The maximum atomic E-state index is 12.6. The second-order valence-corrected chi connectivity index (χ2v) is 6.80. The summed E-state index contributed by atoms with van der Waals surface area (Å²) < 4.78 is 0. The Morgan fingerprint density at radius 3 is 2.86 bits per heavy atom. The summed E-state index contributed by atoms with van der Waals surface area (Å²) >= 11 is 1.42.